The minimum absolute atomic E-state index is 0.0569. The van der Waals surface area contributed by atoms with Crippen LogP contribution in [0.4, 0.5) is 0 Å². The van der Waals surface area contributed by atoms with Gasteiger partial charge in [0.2, 0.25) is 10.0 Å². The number of aliphatic hydroxyl groups is 1. The lowest BCUT2D eigenvalue weighted by Gasteiger charge is -2.22. The minimum atomic E-state index is -3.71. The fraction of sp³-hybridized carbons (Fsp3) is 0.562. The molecule has 0 fully saturated rings. The van der Waals surface area contributed by atoms with Gasteiger partial charge >= 0.3 is 0 Å². The fourth-order valence-corrected chi connectivity index (χ4v) is 3.60. The highest BCUT2D eigenvalue weighted by Crippen LogP contribution is 2.19. The maximum absolute atomic E-state index is 12.6. The van der Waals surface area contributed by atoms with E-state index in [0.717, 1.165) is 0 Å². The van der Waals surface area contributed by atoms with Crippen LogP contribution < -0.4 is 4.72 Å². The molecular formula is C16H26N2O4S. The highest BCUT2D eigenvalue weighted by molar-refractivity contribution is 7.89. The third-order valence-electron chi connectivity index (χ3n) is 3.23. The number of rotatable bonds is 6. The third-order valence-corrected chi connectivity index (χ3v) is 4.98. The van der Waals surface area contributed by atoms with E-state index in [9.17, 15) is 13.2 Å². The number of nitrogens with zero attached hydrogens (tertiary/aromatic N) is 1. The molecule has 0 bridgehead atoms. The van der Waals surface area contributed by atoms with E-state index >= 15 is 0 Å². The second-order valence-corrected chi connectivity index (χ2v) is 8.12. The van der Waals surface area contributed by atoms with Crippen molar-refractivity contribution < 1.29 is 18.3 Å². The molecule has 0 atom stereocenters. The Bertz CT molecular complexity index is 663. The Morgan fingerprint density at radius 1 is 1.30 bits per heavy atom. The van der Waals surface area contributed by atoms with Crippen LogP contribution >= 0.6 is 0 Å². The van der Waals surface area contributed by atoms with Gasteiger partial charge in [0.25, 0.3) is 5.91 Å². The molecule has 0 aliphatic heterocycles. The van der Waals surface area contributed by atoms with Crippen molar-refractivity contribution >= 4 is 15.9 Å². The van der Waals surface area contributed by atoms with Gasteiger partial charge in [-0.2, -0.15) is 0 Å². The van der Waals surface area contributed by atoms with Crippen molar-refractivity contribution in [3.8, 4) is 0 Å². The molecular weight excluding hydrogens is 316 g/mol. The van der Waals surface area contributed by atoms with Crippen LogP contribution in [0, 0.1) is 6.92 Å². The Kier molecular flexibility index (Phi) is 6.33. The van der Waals surface area contributed by atoms with Crippen molar-refractivity contribution in [3.63, 3.8) is 0 Å². The first-order valence-electron chi connectivity index (χ1n) is 7.56. The number of aliphatic hydroxyl groups excluding tert-OH is 1. The van der Waals surface area contributed by atoms with E-state index in [0.29, 0.717) is 17.7 Å². The highest BCUT2D eigenvalue weighted by atomic mass is 32.2. The van der Waals surface area contributed by atoms with Gasteiger partial charge in [-0.25, -0.2) is 13.1 Å². The van der Waals surface area contributed by atoms with E-state index in [1.165, 1.54) is 17.0 Å². The molecule has 7 heteroatoms. The molecule has 130 valence electrons. The molecule has 2 N–H and O–H groups in total. The van der Waals surface area contributed by atoms with Crippen molar-refractivity contribution in [1.29, 1.82) is 0 Å². The van der Waals surface area contributed by atoms with Crippen LogP contribution in [-0.2, 0) is 10.0 Å². The van der Waals surface area contributed by atoms with Gasteiger partial charge in [0.1, 0.15) is 0 Å². The van der Waals surface area contributed by atoms with Gasteiger partial charge in [0.05, 0.1) is 11.5 Å². The summed E-state index contributed by atoms with van der Waals surface area (Å²) in [6, 6.07) is 4.51. The number of amides is 1. The van der Waals surface area contributed by atoms with Crippen molar-refractivity contribution in [2.75, 3.05) is 19.7 Å². The van der Waals surface area contributed by atoms with Crippen molar-refractivity contribution in [1.82, 2.24) is 9.62 Å². The molecule has 23 heavy (non-hydrogen) atoms. The minimum Gasteiger partial charge on any atom is -0.395 e. The van der Waals surface area contributed by atoms with E-state index in [2.05, 4.69) is 4.72 Å². The van der Waals surface area contributed by atoms with Gasteiger partial charge in [0, 0.05) is 24.2 Å². The standard InChI is InChI=1S/C16H26N2O4S/c1-6-18(9-10-19)15(20)14-11-13(8-7-12(14)2)23(21,22)17-16(3,4)5/h7-8,11,17,19H,6,9-10H2,1-5H3. The SMILES string of the molecule is CCN(CCO)C(=O)c1cc(S(=O)(=O)NC(C)(C)C)ccc1C. The van der Waals surface area contributed by atoms with E-state index in [1.807, 2.05) is 6.92 Å². The predicted octanol–water partition coefficient (Wildman–Crippen LogP) is 1.53. The van der Waals surface area contributed by atoms with Crippen LogP contribution in [0.5, 0.6) is 0 Å². The molecule has 0 saturated heterocycles. The molecule has 0 heterocycles. The second kappa shape index (κ2) is 7.42. The van der Waals surface area contributed by atoms with Crippen LogP contribution in [0.3, 0.4) is 0 Å². The first-order chi connectivity index (χ1) is 10.5. The van der Waals surface area contributed by atoms with Gasteiger partial charge in [-0.05, 0) is 52.3 Å². The second-order valence-electron chi connectivity index (χ2n) is 6.44. The van der Waals surface area contributed by atoms with Crippen molar-refractivity contribution in [2.24, 2.45) is 0 Å². The number of likely N-dealkylation sites (N-methyl/N-ethyl adjacent to an activating group) is 1. The Morgan fingerprint density at radius 3 is 2.39 bits per heavy atom. The molecule has 1 aromatic carbocycles. The zero-order valence-corrected chi connectivity index (χ0v) is 15.2. The summed E-state index contributed by atoms with van der Waals surface area (Å²) in [4.78, 5) is 14.1. The zero-order valence-electron chi connectivity index (χ0n) is 14.4. The molecule has 0 unspecified atom stereocenters. The van der Waals surface area contributed by atoms with Gasteiger partial charge in [0.15, 0.2) is 0 Å². The van der Waals surface area contributed by atoms with Crippen LogP contribution in [-0.4, -0.2) is 49.6 Å². The Hall–Kier alpha value is -1.44. The van der Waals surface area contributed by atoms with E-state index in [1.54, 1.807) is 33.8 Å². The van der Waals surface area contributed by atoms with Gasteiger partial charge < -0.3 is 10.0 Å². The van der Waals surface area contributed by atoms with Crippen molar-refractivity contribution in [3.05, 3.63) is 29.3 Å². The molecule has 1 amide bonds. The summed E-state index contributed by atoms with van der Waals surface area (Å²) in [6.45, 7) is 9.35. The van der Waals surface area contributed by atoms with E-state index < -0.39 is 15.6 Å². The lowest BCUT2D eigenvalue weighted by molar-refractivity contribution is 0.0731. The summed E-state index contributed by atoms with van der Waals surface area (Å²) in [5, 5.41) is 9.04. The average molecular weight is 342 g/mol. The van der Waals surface area contributed by atoms with Crippen LogP contribution in [0.1, 0.15) is 43.6 Å². The quantitative estimate of drug-likeness (QED) is 0.821. The Labute approximate surface area is 138 Å². The predicted molar refractivity (Wildman–Crippen MR) is 89.9 cm³/mol. The summed E-state index contributed by atoms with van der Waals surface area (Å²) in [7, 11) is -3.71. The maximum atomic E-state index is 12.6. The topological polar surface area (TPSA) is 86.7 Å². The van der Waals surface area contributed by atoms with Crippen LogP contribution in [0.2, 0.25) is 0 Å². The number of sulfonamides is 1. The van der Waals surface area contributed by atoms with Gasteiger partial charge in [-0.15, -0.1) is 0 Å². The normalized spacial score (nSPS) is 12.3. The first kappa shape index (κ1) is 19.6. The smallest absolute Gasteiger partial charge is 0.254 e. The zero-order chi connectivity index (χ0) is 17.8. The molecule has 0 spiro atoms. The number of hydrogen-bond donors (Lipinski definition) is 2. The fourth-order valence-electron chi connectivity index (χ4n) is 2.16. The van der Waals surface area contributed by atoms with Gasteiger partial charge in [-0.1, -0.05) is 6.07 Å². The maximum Gasteiger partial charge on any atom is 0.254 e. The van der Waals surface area contributed by atoms with Crippen LogP contribution in [0.15, 0.2) is 23.1 Å². The number of carbonyl (C=O) groups excluding carboxylic acids is 1. The summed E-state index contributed by atoms with van der Waals surface area (Å²) in [5.74, 6) is -0.285. The number of benzene rings is 1. The van der Waals surface area contributed by atoms with E-state index in [-0.39, 0.29) is 24.0 Å². The number of aryl methyl sites for hydroxylation is 1. The largest absolute Gasteiger partial charge is 0.395 e. The first-order valence-corrected chi connectivity index (χ1v) is 9.05. The third kappa shape index (κ3) is 5.30. The monoisotopic (exact) mass is 342 g/mol. The molecule has 6 nitrogen and oxygen atoms in total. The van der Waals surface area contributed by atoms with Crippen molar-refractivity contribution in [2.45, 2.75) is 45.1 Å². The molecule has 0 aliphatic rings. The number of hydrogen-bond acceptors (Lipinski definition) is 4. The lowest BCUT2D eigenvalue weighted by atomic mass is 10.1. The molecule has 1 rings (SSSR count). The van der Waals surface area contributed by atoms with E-state index in [4.69, 9.17) is 5.11 Å². The lowest BCUT2D eigenvalue weighted by Crippen LogP contribution is -2.40. The molecule has 0 saturated carbocycles. The van der Waals surface area contributed by atoms with Gasteiger partial charge in [-0.3, -0.25) is 4.79 Å². The summed E-state index contributed by atoms with van der Waals surface area (Å²) in [5.41, 5.74) is 0.415. The average Bonchev–Trinajstić information content (AvgIpc) is 2.41. The molecule has 1 aromatic rings. The van der Waals surface area contributed by atoms with Crippen LogP contribution in [0.25, 0.3) is 0 Å². The summed E-state index contributed by atoms with van der Waals surface area (Å²) in [6.07, 6.45) is 0. The number of carbonyl (C=O) groups is 1. The Balaban J connectivity index is 3.25. The number of nitrogens with one attached hydrogen (secondary N) is 1. The molecule has 0 aromatic heterocycles. The summed E-state index contributed by atoms with van der Waals surface area (Å²) >= 11 is 0. The molecule has 0 radical (unpaired) electrons. The Morgan fingerprint density at radius 2 is 1.91 bits per heavy atom. The summed E-state index contributed by atoms with van der Waals surface area (Å²) < 4.78 is 27.4. The highest BCUT2D eigenvalue weighted by Gasteiger charge is 2.24. The molecule has 0 aliphatic carbocycles.